The molecule has 1 N–H and O–H groups in total. The Morgan fingerprint density at radius 1 is 1.12 bits per heavy atom. The number of carbonyl (C=O) groups excluding carboxylic acids is 2. The lowest BCUT2D eigenvalue weighted by molar-refractivity contribution is 0.0828. The second kappa shape index (κ2) is 7.58. The molecule has 0 spiro atoms. The maximum Gasteiger partial charge on any atom is 0.257 e. The molecule has 4 nitrogen and oxygen atoms in total. The van der Waals surface area contributed by atoms with Crippen molar-refractivity contribution in [3.63, 3.8) is 0 Å². The van der Waals surface area contributed by atoms with Gasteiger partial charge in [0.15, 0.2) is 0 Å². The van der Waals surface area contributed by atoms with Crippen molar-refractivity contribution in [2.45, 2.75) is 32.1 Å². The molecule has 0 unspecified atom stereocenters. The highest BCUT2D eigenvalue weighted by atomic mass is 35.5. The van der Waals surface area contributed by atoms with Gasteiger partial charge in [0.05, 0.1) is 16.1 Å². The number of hydrogen-bond acceptors (Lipinski definition) is 3. The molecule has 1 aliphatic carbocycles. The molecule has 0 atom stereocenters. The van der Waals surface area contributed by atoms with Gasteiger partial charge >= 0.3 is 0 Å². The molecule has 0 fully saturated rings. The Labute approximate surface area is 156 Å². The van der Waals surface area contributed by atoms with Gasteiger partial charge in [-0.05, 0) is 43.4 Å². The molecule has 6 heteroatoms. The third-order valence-corrected chi connectivity index (χ3v) is 5.92. The summed E-state index contributed by atoms with van der Waals surface area (Å²) in [5, 5.41) is 3.96. The third kappa shape index (κ3) is 3.72. The summed E-state index contributed by atoms with van der Waals surface area (Å²) >= 11 is 7.66. The van der Waals surface area contributed by atoms with Crippen molar-refractivity contribution in [1.82, 2.24) is 4.90 Å². The Balaban J connectivity index is 1.99. The highest BCUT2D eigenvalue weighted by Crippen LogP contribution is 2.38. The first-order chi connectivity index (χ1) is 12.0. The molecule has 25 heavy (non-hydrogen) atoms. The van der Waals surface area contributed by atoms with Gasteiger partial charge in [0, 0.05) is 19.0 Å². The van der Waals surface area contributed by atoms with Gasteiger partial charge in [0.2, 0.25) is 0 Å². The molecule has 0 aliphatic heterocycles. The summed E-state index contributed by atoms with van der Waals surface area (Å²) in [5.74, 6) is -0.344. The maximum absolute atomic E-state index is 12.8. The lowest BCUT2D eigenvalue weighted by Gasteiger charge is -2.14. The van der Waals surface area contributed by atoms with Crippen molar-refractivity contribution >= 4 is 39.8 Å². The van der Waals surface area contributed by atoms with E-state index >= 15 is 0 Å². The van der Waals surface area contributed by atoms with Crippen LogP contribution in [0.5, 0.6) is 0 Å². The predicted octanol–water partition coefficient (Wildman–Crippen LogP) is 4.62. The molecule has 1 aromatic carbocycles. The van der Waals surface area contributed by atoms with Crippen LogP contribution in [0.1, 0.15) is 50.4 Å². The number of fused-ring (bicyclic) bond motifs is 1. The first-order valence-electron chi connectivity index (χ1n) is 8.41. The van der Waals surface area contributed by atoms with Gasteiger partial charge < -0.3 is 10.2 Å². The molecule has 0 bridgehead atoms. The van der Waals surface area contributed by atoms with Gasteiger partial charge in [-0.2, -0.15) is 0 Å². The minimum absolute atomic E-state index is 0.0612. The van der Waals surface area contributed by atoms with Gasteiger partial charge in [-0.15, -0.1) is 11.3 Å². The van der Waals surface area contributed by atoms with Crippen molar-refractivity contribution in [1.29, 1.82) is 0 Å². The fourth-order valence-electron chi connectivity index (χ4n) is 3.10. The number of halogens is 1. The minimum atomic E-state index is -0.283. The summed E-state index contributed by atoms with van der Waals surface area (Å²) in [7, 11) is 3.48. The summed E-state index contributed by atoms with van der Waals surface area (Å²) in [6.07, 6.45) is 5.24. The van der Waals surface area contributed by atoms with Crippen LogP contribution in [0.15, 0.2) is 24.3 Å². The van der Waals surface area contributed by atoms with E-state index in [1.54, 1.807) is 43.3 Å². The van der Waals surface area contributed by atoms with Crippen molar-refractivity contribution in [2.75, 3.05) is 19.4 Å². The van der Waals surface area contributed by atoms with Gasteiger partial charge in [0.1, 0.15) is 5.00 Å². The molecule has 0 saturated carbocycles. The first-order valence-corrected chi connectivity index (χ1v) is 9.60. The predicted molar refractivity (Wildman–Crippen MR) is 103 cm³/mol. The van der Waals surface area contributed by atoms with Gasteiger partial charge in [-0.25, -0.2) is 0 Å². The number of carbonyl (C=O) groups is 2. The largest absolute Gasteiger partial charge is 0.345 e. The molecule has 2 aromatic rings. The van der Waals surface area contributed by atoms with E-state index in [1.165, 1.54) is 22.6 Å². The van der Waals surface area contributed by atoms with Crippen LogP contribution in [0.25, 0.3) is 0 Å². The summed E-state index contributed by atoms with van der Waals surface area (Å²) in [6, 6.07) is 6.93. The number of nitrogens with one attached hydrogen (secondary N) is 1. The number of amides is 2. The first kappa shape index (κ1) is 18.0. The van der Waals surface area contributed by atoms with E-state index in [1.807, 2.05) is 0 Å². The Kier molecular flexibility index (Phi) is 5.45. The third-order valence-electron chi connectivity index (χ3n) is 4.39. The Morgan fingerprint density at radius 2 is 1.84 bits per heavy atom. The molecule has 1 aliphatic rings. The van der Waals surface area contributed by atoms with Crippen LogP contribution < -0.4 is 5.32 Å². The monoisotopic (exact) mass is 376 g/mol. The Bertz CT molecular complexity index is 814. The normalized spacial score (nSPS) is 13.7. The van der Waals surface area contributed by atoms with Crippen LogP contribution in [0.4, 0.5) is 5.00 Å². The molecule has 132 valence electrons. The van der Waals surface area contributed by atoms with E-state index in [-0.39, 0.29) is 11.8 Å². The maximum atomic E-state index is 12.8. The quantitative estimate of drug-likeness (QED) is 0.794. The molecular weight excluding hydrogens is 356 g/mol. The van der Waals surface area contributed by atoms with Crippen LogP contribution in [0.3, 0.4) is 0 Å². The van der Waals surface area contributed by atoms with Gasteiger partial charge in [-0.1, -0.05) is 30.2 Å². The highest BCUT2D eigenvalue weighted by molar-refractivity contribution is 7.17. The molecule has 0 radical (unpaired) electrons. The Morgan fingerprint density at radius 3 is 2.56 bits per heavy atom. The zero-order valence-electron chi connectivity index (χ0n) is 14.4. The van der Waals surface area contributed by atoms with Crippen molar-refractivity contribution in [3.05, 3.63) is 50.9 Å². The summed E-state index contributed by atoms with van der Waals surface area (Å²) in [6.45, 7) is 0. The molecule has 0 saturated heterocycles. The average Bonchev–Trinajstić information content (AvgIpc) is 2.75. The second-order valence-corrected chi connectivity index (χ2v) is 7.91. The minimum Gasteiger partial charge on any atom is -0.345 e. The average molecular weight is 377 g/mol. The van der Waals surface area contributed by atoms with Crippen LogP contribution in [0.2, 0.25) is 5.02 Å². The Hall–Kier alpha value is -1.85. The molecule has 2 amide bonds. The van der Waals surface area contributed by atoms with Gasteiger partial charge in [0.25, 0.3) is 11.8 Å². The lowest BCUT2D eigenvalue weighted by Crippen LogP contribution is -2.24. The van der Waals surface area contributed by atoms with E-state index in [9.17, 15) is 9.59 Å². The van der Waals surface area contributed by atoms with E-state index in [4.69, 9.17) is 11.6 Å². The molecule has 1 heterocycles. The number of hydrogen-bond donors (Lipinski definition) is 1. The van der Waals surface area contributed by atoms with E-state index in [2.05, 4.69) is 5.32 Å². The van der Waals surface area contributed by atoms with Crippen LogP contribution in [0, 0.1) is 0 Å². The fourth-order valence-corrected chi connectivity index (χ4v) is 4.59. The summed E-state index contributed by atoms with van der Waals surface area (Å²) in [5.41, 5.74) is 2.17. The lowest BCUT2D eigenvalue weighted by atomic mass is 10.0. The smallest absolute Gasteiger partial charge is 0.257 e. The topological polar surface area (TPSA) is 49.4 Å². The van der Waals surface area contributed by atoms with Crippen molar-refractivity contribution < 1.29 is 9.59 Å². The van der Waals surface area contributed by atoms with E-state index in [0.717, 1.165) is 31.2 Å². The second-order valence-electron chi connectivity index (χ2n) is 6.40. The van der Waals surface area contributed by atoms with Crippen LogP contribution in [-0.4, -0.2) is 30.8 Å². The summed E-state index contributed by atoms with van der Waals surface area (Å²) in [4.78, 5) is 28.2. The number of rotatable bonds is 3. The zero-order chi connectivity index (χ0) is 18.0. The van der Waals surface area contributed by atoms with E-state index in [0.29, 0.717) is 21.2 Å². The van der Waals surface area contributed by atoms with E-state index < -0.39 is 0 Å². The molecular formula is C19H21ClN2O2S. The fraction of sp³-hybridized carbons (Fsp3) is 0.368. The van der Waals surface area contributed by atoms with Crippen molar-refractivity contribution in [2.24, 2.45) is 0 Å². The standard InChI is InChI=1S/C19H21ClN2O2S/c1-22(2)19(24)16-13-9-4-3-5-11-15(13)25-18(16)21-17(23)12-8-6-7-10-14(12)20/h6-8,10H,3-5,9,11H2,1-2H3,(H,21,23). The van der Waals surface area contributed by atoms with Crippen molar-refractivity contribution in [3.8, 4) is 0 Å². The number of anilines is 1. The number of thiophene rings is 1. The number of aryl methyl sites for hydroxylation is 1. The number of nitrogens with zero attached hydrogens (tertiary/aromatic N) is 1. The zero-order valence-corrected chi connectivity index (χ0v) is 16.0. The van der Waals surface area contributed by atoms with Crippen LogP contribution >= 0.6 is 22.9 Å². The highest BCUT2D eigenvalue weighted by Gasteiger charge is 2.27. The van der Waals surface area contributed by atoms with Crippen LogP contribution in [-0.2, 0) is 12.8 Å². The molecule has 3 rings (SSSR count). The molecule has 1 aromatic heterocycles. The summed E-state index contributed by atoms with van der Waals surface area (Å²) < 4.78 is 0. The number of benzene rings is 1. The SMILES string of the molecule is CN(C)C(=O)c1c(NC(=O)c2ccccc2Cl)sc2c1CCCCC2. The van der Waals surface area contributed by atoms with Gasteiger partial charge in [-0.3, -0.25) is 9.59 Å².